The number of nitrogens with one attached hydrogen (secondary N) is 2. The Morgan fingerprint density at radius 1 is 1.07 bits per heavy atom. The number of aliphatic imine (C=N–C) groups is 1. The van der Waals surface area contributed by atoms with Crippen LogP contribution < -0.4 is 20.1 Å². The molecule has 0 aliphatic heterocycles. The van der Waals surface area contributed by atoms with Crippen LogP contribution in [0.5, 0.6) is 17.2 Å². The number of ether oxygens (including phenoxy) is 2. The molecule has 0 radical (unpaired) electrons. The normalized spacial score (nSPS) is 11.9. The van der Waals surface area contributed by atoms with Gasteiger partial charge in [0.1, 0.15) is 0 Å². The van der Waals surface area contributed by atoms with Crippen LogP contribution in [0.25, 0.3) is 0 Å². The molecule has 1 unspecified atom stereocenters. The van der Waals surface area contributed by atoms with Crippen molar-refractivity contribution in [2.24, 2.45) is 4.99 Å². The second kappa shape index (κ2) is 12.3. The van der Waals surface area contributed by atoms with Crippen molar-refractivity contribution in [1.82, 2.24) is 10.6 Å². The van der Waals surface area contributed by atoms with Crippen LogP contribution in [0.3, 0.4) is 0 Å². The Morgan fingerprint density at radius 3 is 2.21 bits per heavy atom. The number of nitrogens with zero attached hydrogens (tertiary/aromatic N) is 1. The molecule has 0 saturated carbocycles. The van der Waals surface area contributed by atoms with Gasteiger partial charge in [0.2, 0.25) is 5.75 Å². The number of hydrogen-bond donors (Lipinski definition) is 3. The maximum absolute atomic E-state index is 10.0. The van der Waals surface area contributed by atoms with E-state index in [1.807, 2.05) is 13.0 Å². The van der Waals surface area contributed by atoms with Crippen molar-refractivity contribution in [2.75, 3.05) is 27.3 Å². The Balaban J connectivity index is 0.00000392. The molecule has 0 heterocycles. The molecule has 0 saturated heterocycles. The Morgan fingerprint density at radius 2 is 1.68 bits per heavy atom. The monoisotopic (exact) mass is 499 g/mol. The van der Waals surface area contributed by atoms with Gasteiger partial charge in [-0.1, -0.05) is 37.3 Å². The topological polar surface area (TPSA) is 75.1 Å². The van der Waals surface area contributed by atoms with Crippen molar-refractivity contribution in [3.63, 3.8) is 0 Å². The van der Waals surface area contributed by atoms with Gasteiger partial charge in [-0.3, -0.25) is 0 Å². The molecule has 1 atom stereocenters. The zero-order valence-electron chi connectivity index (χ0n) is 16.9. The highest BCUT2D eigenvalue weighted by atomic mass is 127. The summed E-state index contributed by atoms with van der Waals surface area (Å²) in [6, 6.07) is 13.9. The maximum atomic E-state index is 10.0. The van der Waals surface area contributed by atoms with E-state index in [1.54, 1.807) is 12.1 Å². The summed E-state index contributed by atoms with van der Waals surface area (Å²) in [5.74, 6) is 1.84. The van der Waals surface area contributed by atoms with E-state index in [-0.39, 0.29) is 29.7 Å². The molecular weight excluding hydrogens is 469 g/mol. The Labute approximate surface area is 184 Å². The first-order valence-corrected chi connectivity index (χ1v) is 9.10. The first kappa shape index (κ1) is 23.9. The number of aromatic hydroxyl groups is 1. The fourth-order valence-corrected chi connectivity index (χ4v) is 2.70. The van der Waals surface area contributed by atoms with Gasteiger partial charge >= 0.3 is 0 Å². The first-order valence-electron chi connectivity index (χ1n) is 9.10. The number of methoxy groups -OCH3 is 2. The van der Waals surface area contributed by atoms with Gasteiger partial charge in [-0.05, 0) is 36.1 Å². The molecule has 0 aromatic heterocycles. The van der Waals surface area contributed by atoms with Gasteiger partial charge in [-0.25, -0.2) is 4.99 Å². The van der Waals surface area contributed by atoms with Crippen LogP contribution in [0.4, 0.5) is 0 Å². The summed E-state index contributed by atoms with van der Waals surface area (Å²) in [6.45, 7) is 6.19. The van der Waals surface area contributed by atoms with Gasteiger partial charge in [-0.15, -0.1) is 24.0 Å². The van der Waals surface area contributed by atoms with Gasteiger partial charge in [0, 0.05) is 13.1 Å². The molecule has 0 fully saturated rings. The summed E-state index contributed by atoms with van der Waals surface area (Å²) in [5, 5.41) is 16.7. The van der Waals surface area contributed by atoms with Crippen LogP contribution in [0.15, 0.2) is 47.5 Å². The SMILES string of the molecule is CCNC(=NCc1cc(OC)c(O)c(OC)c1)NCC(C)c1ccccc1.I. The van der Waals surface area contributed by atoms with Crippen LogP contribution >= 0.6 is 24.0 Å². The van der Waals surface area contributed by atoms with Gasteiger partial charge in [0.15, 0.2) is 17.5 Å². The molecule has 2 rings (SSSR count). The molecular formula is C21H30IN3O3. The van der Waals surface area contributed by atoms with Crippen LogP contribution in [0.2, 0.25) is 0 Å². The maximum Gasteiger partial charge on any atom is 0.200 e. The molecule has 154 valence electrons. The molecule has 0 spiro atoms. The smallest absolute Gasteiger partial charge is 0.200 e. The average Bonchev–Trinajstić information content (AvgIpc) is 2.71. The van der Waals surface area contributed by atoms with Crippen LogP contribution in [-0.4, -0.2) is 38.4 Å². The molecule has 0 aliphatic rings. The number of phenols is 1. The number of hydrogen-bond acceptors (Lipinski definition) is 4. The van der Waals surface area contributed by atoms with Gasteiger partial charge in [0.25, 0.3) is 0 Å². The second-order valence-corrected chi connectivity index (χ2v) is 6.24. The van der Waals surface area contributed by atoms with Gasteiger partial charge in [0.05, 0.1) is 20.8 Å². The third kappa shape index (κ3) is 6.78. The van der Waals surface area contributed by atoms with E-state index in [1.165, 1.54) is 19.8 Å². The van der Waals surface area contributed by atoms with Crippen molar-refractivity contribution < 1.29 is 14.6 Å². The van der Waals surface area contributed by atoms with Gasteiger partial charge in [-0.2, -0.15) is 0 Å². The lowest BCUT2D eigenvalue weighted by molar-refractivity contribution is 0.339. The number of phenolic OH excluding ortho intramolecular Hbond substituents is 1. The predicted molar refractivity (Wildman–Crippen MR) is 124 cm³/mol. The molecule has 7 heteroatoms. The summed E-state index contributed by atoms with van der Waals surface area (Å²) in [4.78, 5) is 4.63. The lowest BCUT2D eigenvalue weighted by Gasteiger charge is -2.16. The van der Waals surface area contributed by atoms with E-state index in [4.69, 9.17) is 9.47 Å². The second-order valence-electron chi connectivity index (χ2n) is 6.24. The third-order valence-electron chi connectivity index (χ3n) is 4.25. The molecule has 2 aromatic rings. The van der Waals surface area contributed by atoms with Crippen molar-refractivity contribution in [1.29, 1.82) is 0 Å². The average molecular weight is 499 g/mol. The summed E-state index contributed by atoms with van der Waals surface area (Å²) in [7, 11) is 3.02. The minimum Gasteiger partial charge on any atom is -0.502 e. The van der Waals surface area contributed by atoms with E-state index in [0.717, 1.165) is 24.6 Å². The van der Waals surface area contributed by atoms with E-state index < -0.39 is 0 Å². The van der Waals surface area contributed by atoms with E-state index >= 15 is 0 Å². The van der Waals surface area contributed by atoms with Crippen molar-refractivity contribution in [2.45, 2.75) is 26.3 Å². The minimum absolute atomic E-state index is 0. The number of benzene rings is 2. The standard InChI is InChI=1S/C21H29N3O3.HI/c1-5-22-21(23-13-15(2)17-9-7-6-8-10-17)24-14-16-11-18(26-3)20(25)19(12-16)27-4;/h6-12,15,25H,5,13-14H2,1-4H3,(H2,22,23,24);1H. The number of rotatable bonds is 8. The largest absolute Gasteiger partial charge is 0.502 e. The Kier molecular flexibility index (Phi) is 10.5. The van der Waals surface area contributed by atoms with E-state index in [0.29, 0.717) is 24.0 Å². The van der Waals surface area contributed by atoms with Crippen LogP contribution in [0.1, 0.15) is 30.9 Å². The van der Waals surface area contributed by atoms with Crippen LogP contribution in [0, 0.1) is 0 Å². The fraction of sp³-hybridized carbons (Fsp3) is 0.381. The molecule has 0 amide bonds. The lowest BCUT2D eigenvalue weighted by Crippen LogP contribution is -2.39. The third-order valence-corrected chi connectivity index (χ3v) is 4.25. The molecule has 28 heavy (non-hydrogen) atoms. The van der Waals surface area contributed by atoms with E-state index in [9.17, 15) is 5.11 Å². The minimum atomic E-state index is -0.00514. The summed E-state index contributed by atoms with van der Waals surface area (Å²) < 4.78 is 10.4. The fourth-order valence-electron chi connectivity index (χ4n) is 2.70. The summed E-state index contributed by atoms with van der Waals surface area (Å²) >= 11 is 0. The molecule has 6 nitrogen and oxygen atoms in total. The van der Waals surface area contributed by atoms with Crippen molar-refractivity contribution >= 4 is 29.9 Å². The summed E-state index contributed by atoms with van der Waals surface area (Å²) in [6.07, 6.45) is 0. The Hall–Kier alpha value is -2.16. The zero-order valence-corrected chi connectivity index (χ0v) is 19.2. The molecule has 0 bridgehead atoms. The van der Waals surface area contributed by atoms with E-state index in [2.05, 4.69) is 46.8 Å². The number of guanidine groups is 1. The highest BCUT2D eigenvalue weighted by Crippen LogP contribution is 2.37. The van der Waals surface area contributed by atoms with Crippen LogP contribution in [-0.2, 0) is 6.54 Å². The van der Waals surface area contributed by atoms with Crippen molar-refractivity contribution in [3.05, 3.63) is 53.6 Å². The highest BCUT2D eigenvalue weighted by molar-refractivity contribution is 14.0. The quantitative estimate of drug-likeness (QED) is 0.292. The lowest BCUT2D eigenvalue weighted by atomic mass is 10.0. The molecule has 0 aliphatic carbocycles. The van der Waals surface area contributed by atoms with Crippen molar-refractivity contribution in [3.8, 4) is 17.2 Å². The molecule has 2 aromatic carbocycles. The van der Waals surface area contributed by atoms with Gasteiger partial charge < -0.3 is 25.2 Å². The Bertz CT molecular complexity index is 729. The predicted octanol–water partition coefficient (Wildman–Crippen LogP) is 3.89. The molecule has 3 N–H and O–H groups in total. The summed E-state index contributed by atoms with van der Waals surface area (Å²) in [5.41, 5.74) is 2.17. The highest BCUT2D eigenvalue weighted by Gasteiger charge is 2.11. The first-order chi connectivity index (χ1) is 13.1. The zero-order chi connectivity index (χ0) is 19.6. The number of halogens is 1.